The maximum Gasteiger partial charge on any atom is 0.269 e. The summed E-state index contributed by atoms with van der Waals surface area (Å²) in [5.74, 6) is -0.0292. The van der Waals surface area contributed by atoms with Gasteiger partial charge < -0.3 is 14.5 Å². The van der Waals surface area contributed by atoms with Gasteiger partial charge in [0.05, 0.1) is 10.6 Å². The van der Waals surface area contributed by atoms with Gasteiger partial charge in [-0.3, -0.25) is 14.9 Å². The Labute approximate surface area is 168 Å². The minimum absolute atomic E-state index is 0.0372. The highest BCUT2D eigenvalue weighted by atomic mass is 19.1. The number of anilines is 1. The summed E-state index contributed by atoms with van der Waals surface area (Å²) in [4.78, 5) is 26.6. The third kappa shape index (κ3) is 4.90. The number of amides is 1. The molecule has 1 amide bonds. The predicted molar refractivity (Wildman–Crippen MR) is 108 cm³/mol. The van der Waals surface area contributed by atoms with E-state index in [9.17, 15) is 19.3 Å². The molecule has 1 saturated heterocycles. The second kappa shape index (κ2) is 9.18. The summed E-state index contributed by atoms with van der Waals surface area (Å²) in [6, 6.07) is 10.9. The molecule has 1 heterocycles. The zero-order chi connectivity index (χ0) is 20.8. The average Bonchev–Trinajstić information content (AvgIpc) is 2.73. The van der Waals surface area contributed by atoms with E-state index in [0.717, 1.165) is 0 Å². The summed E-state index contributed by atoms with van der Waals surface area (Å²) >= 11 is 0. The van der Waals surface area contributed by atoms with Gasteiger partial charge in [0.25, 0.3) is 11.6 Å². The van der Waals surface area contributed by atoms with Crippen molar-refractivity contribution in [3.05, 3.63) is 76.6 Å². The summed E-state index contributed by atoms with van der Waals surface area (Å²) in [5, 5.41) is 10.9. The van der Waals surface area contributed by atoms with E-state index in [0.29, 0.717) is 49.6 Å². The van der Waals surface area contributed by atoms with Gasteiger partial charge in [-0.1, -0.05) is 18.2 Å². The fraction of sp³-hybridized carbons (Fsp3) is 0.286. The number of halogens is 1. The highest BCUT2D eigenvalue weighted by Crippen LogP contribution is 2.25. The Morgan fingerprint density at radius 2 is 1.93 bits per heavy atom. The van der Waals surface area contributed by atoms with Crippen molar-refractivity contribution in [2.75, 3.05) is 37.7 Å². The lowest BCUT2D eigenvalue weighted by molar-refractivity contribution is -0.384. The normalized spacial score (nSPS) is 13.8. The van der Waals surface area contributed by atoms with E-state index in [1.807, 2.05) is 4.90 Å². The van der Waals surface area contributed by atoms with Gasteiger partial charge in [-0.15, -0.1) is 6.58 Å². The van der Waals surface area contributed by atoms with Crippen LogP contribution in [-0.2, 0) is 11.2 Å². The van der Waals surface area contributed by atoms with Gasteiger partial charge in [-0.05, 0) is 24.6 Å². The molecule has 1 fully saturated rings. The zero-order valence-electron chi connectivity index (χ0n) is 15.9. The Bertz CT molecular complexity index is 911. The maximum atomic E-state index is 13.9. The second-order valence-corrected chi connectivity index (χ2v) is 6.65. The molecule has 0 saturated carbocycles. The number of carbonyl (C=O) groups is 1. The van der Waals surface area contributed by atoms with Crippen molar-refractivity contribution in [2.45, 2.75) is 6.42 Å². The third-order valence-corrected chi connectivity index (χ3v) is 4.80. The van der Waals surface area contributed by atoms with E-state index < -0.39 is 4.92 Å². The van der Waals surface area contributed by atoms with Crippen molar-refractivity contribution in [1.29, 1.82) is 0 Å². The van der Waals surface area contributed by atoms with Gasteiger partial charge in [0, 0.05) is 43.9 Å². The van der Waals surface area contributed by atoms with Gasteiger partial charge in [-0.2, -0.15) is 0 Å². The largest absolute Gasteiger partial charge is 0.483 e. The molecule has 0 atom stereocenters. The number of hydrogen-bond donors (Lipinski definition) is 0. The summed E-state index contributed by atoms with van der Waals surface area (Å²) in [6.07, 6.45) is 2.02. The molecule has 8 heteroatoms. The van der Waals surface area contributed by atoms with Crippen LogP contribution in [-0.4, -0.2) is 48.5 Å². The van der Waals surface area contributed by atoms with Gasteiger partial charge in [0.1, 0.15) is 11.6 Å². The van der Waals surface area contributed by atoms with Crippen LogP contribution >= 0.6 is 0 Å². The number of piperazine rings is 1. The van der Waals surface area contributed by atoms with Crippen molar-refractivity contribution in [3.63, 3.8) is 0 Å². The number of rotatable bonds is 7. The van der Waals surface area contributed by atoms with Gasteiger partial charge in [-0.25, -0.2) is 4.39 Å². The molecule has 0 aliphatic carbocycles. The fourth-order valence-electron chi connectivity index (χ4n) is 3.27. The van der Waals surface area contributed by atoms with E-state index >= 15 is 0 Å². The molecule has 0 bridgehead atoms. The molecule has 2 aromatic rings. The van der Waals surface area contributed by atoms with Crippen molar-refractivity contribution in [2.24, 2.45) is 0 Å². The van der Waals surface area contributed by atoms with Crippen LogP contribution in [0.4, 0.5) is 15.8 Å². The molecule has 152 valence electrons. The van der Waals surface area contributed by atoms with E-state index in [2.05, 4.69) is 6.58 Å². The number of non-ortho nitro benzene ring substituents is 1. The molecule has 0 unspecified atom stereocenters. The highest BCUT2D eigenvalue weighted by Gasteiger charge is 2.23. The Kier molecular flexibility index (Phi) is 6.43. The Hall–Kier alpha value is -3.42. The molecule has 2 aromatic carbocycles. The van der Waals surface area contributed by atoms with E-state index in [1.54, 1.807) is 29.2 Å². The summed E-state index contributed by atoms with van der Waals surface area (Å²) in [5.41, 5.74) is 1.10. The van der Waals surface area contributed by atoms with Crippen LogP contribution < -0.4 is 9.64 Å². The topological polar surface area (TPSA) is 75.9 Å². The van der Waals surface area contributed by atoms with Crippen molar-refractivity contribution < 1.29 is 18.8 Å². The Morgan fingerprint density at radius 1 is 1.21 bits per heavy atom. The fourth-order valence-corrected chi connectivity index (χ4v) is 3.27. The molecule has 3 rings (SSSR count). The lowest BCUT2D eigenvalue weighted by atomic mass is 10.1. The summed E-state index contributed by atoms with van der Waals surface area (Å²) in [6.45, 7) is 5.49. The van der Waals surface area contributed by atoms with Crippen LogP contribution in [0.3, 0.4) is 0 Å². The third-order valence-electron chi connectivity index (χ3n) is 4.80. The zero-order valence-corrected chi connectivity index (χ0v) is 15.9. The van der Waals surface area contributed by atoms with Crippen LogP contribution in [0.2, 0.25) is 0 Å². The van der Waals surface area contributed by atoms with Crippen molar-refractivity contribution in [1.82, 2.24) is 4.90 Å². The number of ether oxygens (including phenoxy) is 1. The molecule has 0 N–H and O–H groups in total. The van der Waals surface area contributed by atoms with Gasteiger partial charge in [0.2, 0.25) is 0 Å². The standard InChI is InChI=1S/C21H22FN3O4/c1-2-5-16-14-17(25(27)28)8-9-20(16)29-15-21(26)24-12-10-23(11-13-24)19-7-4-3-6-18(19)22/h2-4,6-9,14H,1,5,10-13,15H2. The summed E-state index contributed by atoms with van der Waals surface area (Å²) in [7, 11) is 0. The number of nitro groups is 1. The number of allylic oxidation sites excluding steroid dienone is 1. The lowest BCUT2D eigenvalue weighted by Crippen LogP contribution is -2.50. The number of carbonyl (C=O) groups excluding carboxylic acids is 1. The lowest BCUT2D eigenvalue weighted by Gasteiger charge is -2.36. The first-order valence-electron chi connectivity index (χ1n) is 9.28. The molecule has 7 nitrogen and oxygen atoms in total. The van der Waals surface area contributed by atoms with Crippen molar-refractivity contribution in [3.8, 4) is 5.75 Å². The number of para-hydroxylation sites is 1. The van der Waals surface area contributed by atoms with E-state index in [4.69, 9.17) is 4.74 Å². The number of hydrogen-bond acceptors (Lipinski definition) is 5. The smallest absolute Gasteiger partial charge is 0.269 e. The average molecular weight is 399 g/mol. The van der Waals surface area contributed by atoms with Crippen LogP contribution in [0, 0.1) is 15.9 Å². The molecule has 0 radical (unpaired) electrons. The molecular formula is C21H22FN3O4. The number of nitro benzene ring substituents is 1. The maximum absolute atomic E-state index is 13.9. The van der Waals surface area contributed by atoms with Crippen LogP contribution in [0.1, 0.15) is 5.56 Å². The minimum Gasteiger partial charge on any atom is -0.483 e. The summed E-state index contributed by atoms with van der Waals surface area (Å²) < 4.78 is 19.6. The van der Waals surface area contributed by atoms with Gasteiger partial charge >= 0.3 is 0 Å². The molecular weight excluding hydrogens is 377 g/mol. The van der Waals surface area contributed by atoms with E-state index in [1.165, 1.54) is 24.3 Å². The Balaban J connectivity index is 1.57. The number of benzene rings is 2. The quantitative estimate of drug-likeness (QED) is 0.406. The van der Waals surface area contributed by atoms with Crippen LogP contribution in [0.15, 0.2) is 55.1 Å². The highest BCUT2D eigenvalue weighted by molar-refractivity contribution is 5.78. The first-order valence-corrected chi connectivity index (χ1v) is 9.28. The molecule has 1 aliphatic heterocycles. The Morgan fingerprint density at radius 3 is 2.59 bits per heavy atom. The SMILES string of the molecule is C=CCc1cc([N+](=O)[O-])ccc1OCC(=O)N1CCN(c2ccccc2F)CC1. The first kappa shape index (κ1) is 20.3. The molecule has 0 aromatic heterocycles. The van der Waals surface area contributed by atoms with Crippen LogP contribution in [0.25, 0.3) is 0 Å². The van der Waals surface area contributed by atoms with E-state index in [-0.39, 0.29) is 24.0 Å². The molecule has 1 aliphatic rings. The molecule has 0 spiro atoms. The number of nitrogens with zero attached hydrogens (tertiary/aromatic N) is 3. The van der Waals surface area contributed by atoms with Crippen molar-refractivity contribution >= 4 is 17.3 Å². The first-order chi connectivity index (χ1) is 14.0. The van der Waals surface area contributed by atoms with Gasteiger partial charge in [0.15, 0.2) is 6.61 Å². The second-order valence-electron chi connectivity index (χ2n) is 6.65. The monoisotopic (exact) mass is 399 g/mol. The molecule has 29 heavy (non-hydrogen) atoms. The minimum atomic E-state index is -0.476. The predicted octanol–water partition coefficient (Wildman–Crippen LogP) is 3.19. The van der Waals surface area contributed by atoms with Crippen LogP contribution in [0.5, 0.6) is 5.75 Å².